The fourth-order valence-electron chi connectivity index (χ4n) is 2.75. The second-order valence-electron chi connectivity index (χ2n) is 6.88. The molecule has 5 heteroatoms. The number of carboxylic acid groups (broad SMARTS) is 1. The van der Waals surface area contributed by atoms with Gasteiger partial charge < -0.3 is 15.3 Å². The Hall–Kier alpha value is -1.26. The first-order valence-electron chi connectivity index (χ1n) is 8.00. The van der Waals surface area contributed by atoms with Crippen molar-refractivity contribution in [2.75, 3.05) is 13.6 Å². The van der Waals surface area contributed by atoms with E-state index >= 15 is 0 Å². The molecule has 2 amide bonds. The SMILES string of the molecule is CCC(C)(C)N(C)C(=O)NCC1(C(=O)O)CCCCCC1. The first-order chi connectivity index (χ1) is 9.75. The Balaban J connectivity index is 2.69. The van der Waals surface area contributed by atoms with Crippen LogP contribution in [-0.4, -0.2) is 41.1 Å². The summed E-state index contributed by atoms with van der Waals surface area (Å²) >= 11 is 0. The smallest absolute Gasteiger partial charge is 0.317 e. The largest absolute Gasteiger partial charge is 0.481 e. The molecule has 0 unspecified atom stereocenters. The van der Waals surface area contributed by atoms with E-state index in [0.29, 0.717) is 12.8 Å². The quantitative estimate of drug-likeness (QED) is 0.765. The monoisotopic (exact) mass is 298 g/mol. The third-order valence-electron chi connectivity index (χ3n) is 5.17. The predicted octanol–water partition coefficient (Wildman–Crippen LogP) is 3.24. The van der Waals surface area contributed by atoms with Crippen molar-refractivity contribution in [3.63, 3.8) is 0 Å². The molecule has 5 nitrogen and oxygen atoms in total. The Bertz CT molecular complexity index is 372. The Kier molecular flexibility index (Phi) is 6.05. The van der Waals surface area contributed by atoms with Crippen molar-refractivity contribution in [1.29, 1.82) is 0 Å². The minimum atomic E-state index is -0.788. The minimum absolute atomic E-state index is 0.188. The van der Waals surface area contributed by atoms with Gasteiger partial charge in [0.15, 0.2) is 0 Å². The van der Waals surface area contributed by atoms with Crippen molar-refractivity contribution in [2.45, 2.75) is 71.3 Å². The van der Waals surface area contributed by atoms with Gasteiger partial charge in [-0.2, -0.15) is 0 Å². The Morgan fingerprint density at radius 3 is 2.14 bits per heavy atom. The summed E-state index contributed by atoms with van der Waals surface area (Å²) in [5.74, 6) is -0.776. The molecule has 0 heterocycles. The molecule has 0 aromatic carbocycles. The fourth-order valence-corrected chi connectivity index (χ4v) is 2.75. The van der Waals surface area contributed by atoms with Crippen LogP contribution in [0.1, 0.15) is 65.7 Å². The first-order valence-corrected chi connectivity index (χ1v) is 8.00. The van der Waals surface area contributed by atoms with Crippen LogP contribution in [0.3, 0.4) is 0 Å². The van der Waals surface area contributed by atoms with Crippen LogP contribution in [0.5, 0.6) is 0 Å². The summed E-state index contributed by atoms with van der Waals surface area (Å²) in [5.41, 5.74) is -1.02. The zero-order chi connectivity index (χ0) is 16.1. The molecule has 1 fully saturated rings. The van der Waals surface area contributed by atoms with Gasteiger partial charge in [-0.05, 0) is 33.1 Å². The summed E-state index contributed by atoms with van der Waals surface area (Å²) in [6, 6.07) is -0.188. The summed E-state index contributed by atoms with van der Waals surface area (Å²) in [6.45, 7) is 6.27. The molecule has 1 rings (SSSR count). The third-order valence-corrected chi connectivity index (χ3v) is 5.17. The van der Waals surface area contributed by atoms with Crippen molar-refractivity contribution < 1.29 is 14.7 Å². The van der Waals surface area contributed by atoms with Gasteiger partial charge in [-0.1, -0.05) is 32.6 Å². The first kappa shape index (κ1) is 17.8. The van der Waals surface area contributed by atoms with Crippen molar-refractivity contribution in [2.24, 2.45) is 5.41 Å². The van der Waals surface area contributed by atoms with Gasteiger partial charge in [-0.15, -0.1) is 0 Å². The van der Waals surface area contributed by atoms with Crippen LogP contribution < -0.4 is 5.32 Å². The number of carbonyl (C=O) groups excluding carboxylic acids is 1. The number of nitrogens with one attached hydrogen (secondary N) is 1. The maximum Gasteiger partial charge on any atom is 0.317 e. The van der Waals surface area contributed by atoms with Crippen LogP contribution in [0.15, 0.2) is 0 Å². The summed E-state index contributed by atoms with van der Waals surface area (Å²) in [5, 5.41) is 12.5. The van der Waals surface area contributed by atoms with Gasteiger partial charge in [-0.25, -0.2) is 4.79 Å². The molecular weight excluding hydrogens is 268 g/mol. The second kappa shape index (κ2) is 7.14. The lowest BCUT2D eigenvalue weighted by atomic mass is 9.80. The molecule has 0 atom stereocenters. The number of aliphatic carboxylic acids is 1. The number of urea groups is 1. The molecule has 1 saturated carbocycles. The Morgan fingerprint density at radius 2 is 1.71 bits per heavy atom. The van der Waals surface area contributed by atoms with Gasteiger partial charge in [0.05, 0.1) is 5.41 Å². The maximum atomic E-state index is 12.3. The number of carboxylic acids is 1. The molecule has 21 heavy (non-hydrogen) atoms. The van der Waals surface area contributed by atoms with Crippen LogP contribution in [-0.2, 0) is 4.79 Å². The van der Waals surface area contributed by atoms with E-state index in [-0.39, 0.29) is 18.1 Å². The highest BCUT2D eigenvalue weighted by molar-refractivity contribution is 5.78. The van der Waals surface area contributed by atoms with E-state index in [1.54, 1.807) is 11.9 Å². The number of amides is 2. The highest BCUT2D eigenvalue weighted by atomic mass is 16.4. The van der Waals surface area contributed by atoms with Gasteiger partial charge in [0.1, 0.15) is 0 Å². The molecule has 0 radical (unpaired) electrons. The highest BCUT2D eigenvalue weighted by Gasteiger charge is 2.39. The lowest BCUT2D eigenvalue weighted by Gasteiger charge is -2.36. The fraction of sp³-hybridized carbons (Fsp3) is 0.875. The number of hydrogen-bond acceptors (Lipinski definition) is 2. The van der Waals surface area contributed by atoms with E-state index in [1.165, 1.54) is 0 Å². The topological polar surface area (TPSA) is 69.6 Å². The van der Waals surface area contributed by atoms with Gasteiger partial charge >= 0.3 is 12.0 Å². The van der Waals surface area contributed by atoms with Crippen LogP contribution in [0, 0.1) is 5.41 Å². The molecule has 0 saturated heterocycles. The molecule has 0 bridgehead atoms. The van der Waals surface area contributed by atoms with Crippen molar-refractivity contribution in [1.82, 2.24) is 10.2 Å². The van der Waals surface area contributed by atoms with Gasteiger partial charge in [0, 0.05) is 19.1 Å². The number of nitrogens with zero attached hydrogens (tertiary/aromatic N) is 1. The van der Waals surface area contributed by atoms with Crippen LogP contribution >= 0.6 is 0 Å². The van der Waals surface area contributed by atoms with Crippen LogP contribution in [0.25, 0.3) is 0 Å². The molecule has 0 aromatic heterocycles. The summed E-state index contributed by atoms with van der Waals surface area (Å²) in [6.07, 6.45) is 6.20. The number of hydrogen-bond donors (Lipinski definition) is 2. The van der Waals surface area contributed by atoms with Crippen LogP contribution in [0.4, 0.5) is 4.79 Å². The molecule has 1 aliphatic carbocycles. The number of rotatable bonds is 5. The van der Waals surface area contributed by atoms with Gasteiger partial charge in [0.25, 0.3) is 0 Å². The molecule has 0 aromatic rings. The lowest BCUT2D eigenvalue weighted by Crippen LogP contribution is -2.52. The van der Waals surface area contributed by atoms with Crippen molar-refractivity contribution >= 4 is 12.0 Å². The lowest BCUT2D eigenvalue weighted by molar-refractivity contribution is -0.149. The van der Waals surface area contributed by atoms with Crippen LogP contribution in [0.2, 0.25) is 0 Å². The summed E-state index contributed by atoms with van der Waals surface area (Å²) in [7, 11) is 1.76. The van der Waals surface area contributed by atoms with E-state index in [1.807, 2.05) is 20.8 Å². The molecule has 122 valence electrons. The second-order valence-corrected chi connectivity index (χ2v) is 6.88. The van der Waals surface area contributed by atoms with Gasteiger partial charge in [0.2, 0.25) is 0 Å². The molecule has 1 aliphatic rings. The van der Waals surface area contributed by atoms with E-state index in [9.17, 15) is 14.7 Å². The predicted molar refractivity (Wildman–Crippen MR) is 83.3 cm³/mol. The molecular formula is C16H30N2O3. The van der Waals surface area contributed by atoms with Crippen molar-refractivity contribution in [3.05, 3.63) is 0 Å². The molecule has 0 spiro atoms. The normalized spacial score (nSPS) is 18.7. The highest BCUT2D eigenvalue weighted by Crippen LogP contribution is 2.35. The van der Waals surface area contributed by atoms with Crippen molar-refractivity contribution in [3.8, 4) is 0 Å². The van der Waals surface area contributed by atoms with E-state index in [4.69, 9.17) is 0 Å². The zero-order valence-electron chi connectivity index (χ0n) is 13.9. The van der Waals surface area contributed by atoms with Gasteiger partial charge in [-0.3, -0.25) is 4.79 Å². The number of carbonyl (C=O) groups is 2. The third kappa shape index (κ3) is 4.35. The maximum absolute atomic E-state index is 12.3. The standard InChI is InChI=1S/C16H30N2O3/c1-5-15(2,3)18(4)14(21)17-12-16(13(19)20)10-8-6-7-9-11-16/h5-12H2,1-4H3,(H,17,21)(H,19,20). The molecule has 2 N–H and O–H groups in total. The van der Waals surface area contributed by atoms with E-state index in [2.05, 4.69) is 5.32 Å². The van der Waals surface area contributed by atoms with E-state index in [0.717, 1.165) is 32.1 Å². The average molecular weight is 298 g/mol. The summed E-state index contributed by atoms with van der Waals surface area (Å²) < 4.78 is 0. The Labute approximate surface area is 128 Å². The van der Waals surface area contributed by atoms with E-state index < -0.39 is 11.4 Å². The zero-order valence-corrected chi connectivity index (χ0v) is 13.9. The minimum Gasteiger partial charge on any atom is -0.481 e. The molecule has 0 aliphatic heterocycles. The Morgan fingerprint density at radius 1 is 1.19 bits per heavy atom. The average Bonchev–Trinajstić information content (AvgIpc) is 2.70. The summed E-state index contributed by atoms with van der Waals surface area (Å²) in [4.78, 5) is 25.6.